The molecule has 0 saturated heterocycles. The van der Waals surface area contributed by atoms with Gasteiger partial charge >= 0.3 is 5.97 Å². The van der Waals surface area contributed by atoms with Crippen LogP contribution >= 0.6 is 12.2 Å². The lowest BCUT2D eigenvalue weighted by molar-refractivity contribution is -0.117. The second-order valence-electron chi connectivity index (χ2n) is 5.68. The minimum atomic E-state index is -0.419. The number of carbonyl (C=O) groups is 2. The van der Waals surface area contributed by atoms with Crippen LogP contribution in [0.2, 0.25) is 0 Å². The van der Waals surface area contributed by atoms with E-state index in [1.807, 2.05) is 12.1 Å². The second kappa shape index (κ2) is 9.08. The highest BCUT2D eigenvalue weighted by Gasteiger charge is 2.19. The van der Waals surface area contributed by atoms with E-state index < -0.39 is 5.97 Å². The molecule has 2 aromatic rings. The maximum absolute atomic E-state index is 11.7. The van der Waals surface area contributed by atoms with E-state index in [-0.39, 0.29) is 11.7 Å². The van der Waals surface area contributed by atoms with Gasteiger partial charge in [0.1, 0.15) is 11.5 Å². The number of hydrogen-bond donors (Lipinski definition) is 2. The summed E-state index contributed by atoms with van der Waals surface area (Å²) < 4.78 is 4.94. The van der Waals surface area contributed by atoms with Crippen LogP contribution in [0.3, 0.4) is 0 Å². The Morgan fingerprint density at radius 2 is 2.24 bits per heavy atom. The highest BCUT2D eigenvalue weighted by atomic mass is 32.1. The summed E-state index contributed by atoms with van der Waals surface area (Å²) in [5.74, 6) is -0.492. The number of ketones is 1. The third-order valence-corrected chi connectivity index (χ3v) is 3.99. The zero-order valence-electron chi connectivity index (χ0n) is 14.2. The Labute approximate surface area is 152 Å². The molecule has 0 amide bonds. The lowest BCUT2D eigenvalue weighted by Crippen LogP contribution is -2.24. The zero-order chi connectivity index (χ0) is 18.2. The number of anilines is 1. The van der Waals surface area contributed by atoms with E-state index >= 15 is 0 Å². The second-order valence-corrected chi connectivity index (χ2v) is 6.12. The first-order valence-electron chi connectivity index (χ1n) is 8.04. The van der Waals surface area contributed by atoms with Gasteiger partial charge in [0.2, 0.25) is 0 Å². The van der Waals surface area contributed by atoms with Crippen LogP contribution in [0.1, 0.15) is 36.3 Å². The number of thiocarbonyl (C=S) groups is 1. The van der Waals surface area contributed by atoms with E-state index in [0.717, 1.165) is 5.56 Å². The Balaban J connectivity index is 2.06. The van der Waals surface area contributed by atoms with Crippen LogP contribution in [0, 0.1) is 5.92 Å². The highest BCUT2D eigenvalue weighted by Crippen LogP contribution is 2.18. The summed E-state index contributed by atoms with van der Waals surface area (Å²) >= 11 is 5.49. The van der Waals surface area contributed by atoms with Crippen molar-refractivity contribution in [3.05, 3.63) is 48.0 Å². The predicted molar refractivity (Wildman–Crippen MR) is 99.7 cm³/mol. The zero-order valence-corrected chi connectivity index (χ0v) is 15.1. The molecule has 0 saturated carbocycles. The summed E-state index contributed by atoms with van der Waals surface area (Å²) in [7, 11) is 0. The van der Waals surface area contributed by atoms with Crippen molar-refractivity contribution in [2.45, 2.75) is 26.7 Å². The number of aromatic amines is 1. The molecule has 2 aromatic heterocycles. The summed E-state index contributed by atoms with van der Waals surface area (Å²) in [5, 5.41) is 3.10. The number of hydrogen-bond acceptors (Lipinski definition) is 5. The third-order valence-electron chi connectivity index (χ3n) is 3.56. The number of pyridine rings is 1. The minimum absolute atomic E-state index is 0.0688. The molecule has 132 valence electrons. The Hall–Kier alpha value is -2.54. The Kier molecular flexibility index (Phi) is 6.82. The van der Waals surface area contributed by atoms with Crippen molar-refractivity contribution in [2.24, 2.45) is 5.92 Å². The normalized spacial score (nSPS) is 11.6. The van der Waals surface area contributed by atoms with E-state index in [0.29, 0.717) is 35.8 Å². The highest BCUT2D eigenvalue weighted by molar-refractivity contribution is 7.80. The fourth-order valence-electron chi connectivity index (χ4n) is 2.45. The lowest BCUT2D eigenvalue weighted by Gasteiger charge is -2.17. The molecular formula is C18H21N3O3S. The van der Waals surface area contributed by atoms with Crippen molar-refractivity contribution in [3.63, 3.8) is 0 Å². The standard InChI is InChI=1S/C18H21N3O3S/c1-3-24-18(23)16-9-15(11-20-16)21-17(25)14(7-12(2)22)8-13-5-4-6-19-10-13/h4-6,9-11,14,20H,3,7-8H2,1-2H3,(H,21,25). The first-order valence-corrected chi connectivity index (χ1v) is 8.45. The predicted octanol–water partition coefficient (Wildman–Crippen LogP) is 3.16. The van der Waals surface area contributed by atoms with E-state index in [4.69, 9.17) is 17.0 Å². The van der Waals surface area contributed by atoms with Crippen molar-refractivity contribution >= 4 is 34.6 Å². The van der Waals surface area contributed by atoms with Gasteiger partial charge in [0.15, 0.2) is 0 Å². The van der Waals surface area contributed by atoms with Crippen LogP contribution in [-0.2, 0) is 16.0 Å². The van der Waals surface area contributed by atoms with E-state index in [9.17, 15) is 9.59 Å². The van der Waals surface area contributed by atoms with Crippen LogP contribution in [0.15, 0.2) is 36.8 Å². The summed E-state index contributed by atoms with van der Waals surface area (Å²) in [6.45, 7) is 3.61. The SMILES string of the molecule is CCOC(=O)c1cc(NC(=S)C(CC(C)=O)Cc2cccnc2)c[nH]1. The molecule has 0 bridgehead atoms. The van der Waals surface area contributed by atoms with Crippen molar-refractivity contribution in [1.82, 2.24) is 9.97 Å². The Morgan fingerprint density at radius 1 is 1.44 bits per heavy atom. The fraction of sp³-hybridized carbons (Fsp3) is 0.333. The van der Waals surface area contributed by atoms with Crippen LogP contribution in [-0.4, -0.2) is 33.3 Å². The van der Waals surface area contributed by atoms with Gasteiger partial charge < -0.3 is 19.8 Å². The fourth-order valence-corrected chi connectivity index (χ4v) is 2.73. The number of nitrogens with zero attached hydrogens (tertiary/aromatic N) is 1. The van der Waals surface area contributed by atoms with E-state index in [2.05, 4.69) is 15.3 Å². The molecule has 0 aromatic carbocycles. The van der Waals surface area contributed by atoms with Crippen LogP contribution in [0.25, 0.3) is 0 Å². The van der Waals surface area contributed by atoms with Gasteiger partial charge in [-0.25, -0.2) is 4.79 Å². The lowest BCUT2D eigenvalue weighted by atomic mass is 9.95. The summed E-state index contributed by atoms with van der Waals surface area (Å²) in [6.07, 6.45) is 6.08. The summed E-state index contributed by atoms with van der Waals surface area (Å²) in [6, 6.07) is 5.45. The molecule has 2 rings (SSSR count). The molecule has 0 aliphatic carbocycles. The monoisotopic (exact) mass is 359 g/mol. The molecule has 0 aliphatic rings. The van der Waals surface area contributed by atoms with Gasteiger partial charge in [0, 0.05) is 30.9 Å². The third kappa shape index (κ3) is 5.79. The van der Waals surface area contributed by atoms with Crippen LogP contribution in [0.5, 0.6) is 0 Å². The molecule has 1 unspecified atom stereocenters. The number of aromatic nitrogens is 2. The Morgan fingerprint density at radius 3 is 2.88 bits per heavy atom. The van der Waals surface area contributed by atoms with Crippen molar-refractivity contribution < 1.29 is 14.3 Å². The van der Waals surface area contributed by atoms with Crippen molar-refractivity contribution in [2.75, 3.05) is 11.9 Å². The van der Waals surface area contributed by atoms with Gasteiger partial charge in [-0.1, -0.05) is 18.3 Å². The number of ether oxygens (including phenoxy) is 1. The minimum Gasteiger partial charge on any atom is -0.461 e. The molecule has 0 fully saturated rings. The molecular weight excluding hydrogens is 338 g/mol. The smallest absolute Gasteiger partial charge is 0.354 e. The largest absolute Gasteiger partial charge is 0.461 e. The topological polar surface area (TPSA) is 84.1 Å². The van der Waals surface area contributed by atoms with Gasteiger partial charge in [-0.15, -0.1) is 0 Å². The molecule has 6 nitrogen and oxygen atoms in total. The summed E-state index contributed by atoms with van der Waals surface area (Å²) in [5.41, 5.74) is 2.02. The molecule has 0 spiro atoms. The maximum Gasteiger partial charge on any atom is 0.354 e. The molecule has 1 atom stereocenters. The molecule has 0 radical (unpaired) electrons. The number of rotatable bonds is 8. The average molecular weight is 359 g/mol. The number of nitrogens with one attached hydrogen (secondary N) is 2. The van der Waals surface area contributed by atoms with E-state index in [1.54, 1.807) is 38.5 Å². The average Bonchev–Trinajstić information content (AvgIpc) is 3.03. The van der Waals surface area contributed by atoms with Crippen molar-refractivity contribution in [1.29, 1.82) is 0 Å². The van der Waals surface area contributed by atoms with Crippen LogP contribution < -0.4 is 5.32 Å². The first kappa shape index (κ1) is 18.8. The van der Waals surface area contributed by atoms with Crippen molar-refractivity contribution in [3.8, 4) is 0 Å². The number of Topliss-reactive ketones (excluding diaryl/α,β-unsaturated/α-hetero) is 1. The van der Waals surface area contributed by atoms with Gasteiger partial charge in [0.05, 0.1) is 17.3 Å². The number of esters is 1. The summed E-state index contributed by atoms with van der Waals surface area (Å²) in [4.78, 5) is 30.8. The molecule has 0 aliphatic heterocycles. The van der Waals surface area contributed by atoms with E-state index in [1.165, 1.54) is 0 Å². The molecule has 2 heterocycles. The molecule has 2 N–H and O–H groups in total. The number of carbonyl (C=O) groups excluding carboxylic acids is 2. The quantitative estimate of drug-likeness (QED) is 0.556. The van der Waals surface area contributed by atoms with Gasteiger partial charge in [-0.2, -0.15) is 0 Å². The van der Waals surface area contributed by atoms with Gasteiger partial charge in [0.25, 0.3) is 0 Å². The maximum atomic E-state index is 11.7. The Bertz CT molecular complexity index is 743. The van der Waals surface area contributed by atoms with Crippen LogP contribution in [0.4, 0.5) is 5.69 Å². The van der Waals surface area contributed by atoms with Gasteiger partial charge in [-0.05, 0) is 38.0 Å². The molecule has 25 heavy (non-hydrogen) atoms. The van der Waals surface area contributed by atoms with Gasteiger partial charge in [-0.3, -0.25) is 4.98 Å². The molecule has 7 heteroatoms. The first-order chi connectivity index (χ1) is 12.0. The number of H-pyrrole nitrogens is 1.